The molecule has 0 saturated carbocycles. The van der Waals surface area contributed by atoms with Crippen molar-refractivity contribution >= 4 is 0 Å². The third-order valence-electron chi connectivity index (χ3n) is 7.45. The predicted molar refractivity (Wildman–Crippen MR) is 167 cm³/mol. The summed E-state index contributed by atoms with van der Waals surface area (Å²) in [5.41, 5.74) is 1.82. The SMILES string of the molecule is CCCCCCCCCCOc1ccc(-c2nnc(-c3ccc(OCCCCCCCCCC)cc3)n2N)cc1. The zero-order valence-corrected chi connectivity index (χ0v) is 25.1. The molecule has 0 atom stereocenters. The standard InChI is InChI=1S/C34H52N4O2/c1-3-5-7-9-11-13-15-17-27-39-31-23-19-29(20-24-31)33-36-37-34(38(33)35)30-21-25-32(26-22-30)40-28-18-16-14-12-10-8-6-4-2/h19-26H,3-18,27-28,35H2,1-2H3. The average molecular weight is 549 g/mol. The first kappa shape index (κ1) is 31.5. The van der Waals surface area contributed by atoms with Gasteiger partial charge in [0.2, 0.25) is 0 Å². The molecule has 220 valence electrons. The van der Waals surface area contributed by atoms with Crippen molar-refractivity contribution in [2.45, 2.75) is 117 Å². The highest BCUT2D eigenvalue weighted by molar-refractivity contribution is 5.63. The topological polar surface area (TPSA) is 75.2 Å². The molecule has 2 aromatic carbocycles. The zero-order valence-electron chi connectivity index (χ0n) is 25.1. The Morgan fingerprint density at radius 1 is 0.500 bits per heavy atom. The minimum Gasteiger partial charge on any atom is -0.494 e. The fourth-order valence-electron chi connectivity index (χ4n) is 4.94. The minimum atomic E-state index is 0.625. The fourth-order valence-corrected chi connectivity index (χ4v) is 4.94. The molecule has 2 N–H and O–H groups in total. The Bertz CT molecular complexity index is 964. The van der Waals surface area contributed by atoms with Crippen LogP contribution < -0.4 is 15.3 Å². The first-order chi connectivity index (χ1) is 19.7. The fraction of sp³-hybridized carbons (Fsp3) is 0.588. The van der Waals surface area contributed by atoms with E-state index in [1.807, 2.05) is 48.5 Å². The largest absolute Gasteiger partial charge is 0.494 e. The van der Waals surface area contributed by atoms with Crippen LogP contribution in [0.5, 0.6) is 11.5 Å². The summed E-state index contributed by atoms with van der Waals surface area (Å²) in [6.45, 7) is 6.03. The molecule has 0 saturated heterocycles. The summed E-state index contributed by atoms with van der Waals surface area (Å²) in [4.78, 5) is 0. The molecule has 0 unspecified atom stereocenters. The van der Waals surface area contributed by atoms with Crippen molar-refractivity contribution in [2.24, 2.45) is 0 Å². The van der Waals surface area contributed by atoms with Crippen LogP contribution >= 0.6 is 0 Å². The van der Waals surface area contributed by atoms with E-state index in [1.54, 1.807) is 4.68 Å². The molecule has 0 amide bonds. The molecule has 0 aliphatic carbocycles. The van der Waals surface area contributed by atoms with Crippen LogP contribution in [0.2, 0.25) is 0 Å². The van der Waals surface area contributed by atoms with E-state index < -0.39 is 0 Å². The lowest BCUT2D eigenvalue weighted by atomic mass is 10.1. The average Bonchev–Trinajstić information content (AvgIpc) is 3.37. The van der Waals surface area contributed by atoms with Crippen LogP contribution in [-0.4, -0.2) is 28.1 Å². The number of benzene rings is 2. The number of hydrogen-bond donors (Lipinski definition) is 1. The van der Waals surface area contributed by atoms with Gasteiger partial charge in [-0.1, -0.05) is 104 Å². The number of nitrogen functional groups attached to an aromatic ring is 1. The molecular formula is C34H52N4O2. The van der Waals surface area contributed by atoms with Gasteiger partial charge >= 0.3 is 0 Å². The van der Waals surface area contributed by atoms with Crippen molar-refractivity contribution in [3.8, 4) is 34.3 Å². The van der Waals surface area contributed by atoms with Crippen LogP contribution in [-0.2, 0) is 0 Å². The molecule has 6 nitrogen and oxygen atoms in total. The smallest absolute Gasteiger partial charge is 0.182 e. The van der Waals surface area contributed by atoms with Crippen molar-refractivity contribution in [3.63, 3.8) is 0 Å². The van der Waals surface area contributed by atoms with E-state index in [4.69, 9.17) is 15.3 Å². The van der Waals surface area contributed by atoms with E-state index in [1.165, 1.54) is 89.9 Å². The number of aromatic nitrogens is 3. The lowest BCUT2D eigenvalue weighted by molar-refractivity contribution is 0.304. The second-order valence-corrected chi connectivity index (χ2v) is 10.9. The van der Waals surface area contributed by atoms with Gasteiger partial charge in [-0.3, -0.25) is 0 Å². The van der Waals surface area contributed by atoms with Crippen molar-refractivity contribution in [1.82, 2.24) is 14.9 Å². The van der Waals surface area contributed by atoms with Crippen molar-refractivity contribution in [2.75, 3.05) is 19.1 Å². The van der Waals surface area contributed by atoms with Crippen LogP contribution in [0.4, 0.5) is 0 Å². The molecular weight excluding hydrogens is 496 g/mol. The van der Waals surface area contributed by atoms with E-state index in [9.17, 15) is 0 Å². The first-order valence-electron chi connectivity index (χ1n) is 15.9. The van der Waals surface area contributed by atoms with Crippen molar-refractivity contribution in [1.29, 1.82) is 0 Å². The highest BCUT2D eigenvalue weighted by atomic mass is 16.5. The van der Waals surface area contributed by atoms with Gasteiger partial charge in [0.05, 0.1) is 13.2 Å². The molecule has 0 bridgehead atoms. The maximum Gasteiger partial charge on any atom is 0.182 e. The molecule has 0 fully saturated rings. The molecule has 0 radical (unpaired) electrons. The molecule has 0 aliphatic heterocycles. The molecule has 0 aliphatic rings. The van der Waals surface area contributed by atoms with Crippen LogP contribution in [0.3, 0.4) is 0 Å². The first-order valence-corrected chi connectivity index (χ1v) is 15.9. The van der Waals surface area contributed by atoms with E-state index in [2.05, 4.69) is 24.0 Å². The molecule has 3 rings (SSSR count). The van der Waals surface area contributed by atoms with Crippen molar-refractivity contribution in [3.05, 3.63) is 48.5 Å². The number of nitrogens with zero attached hydrogens (tertiary/aromatic N) is 3. The van der Waals surface area contributed by atoms with Gasteiger partial charge in [0.15, 0.2) is 11.6 Å². The summed E-state index contributed by atoms with van der Waals surface area (Å²) in [5.74, 6) is 9.40. The number of rotatable bonds is 22. The van der Waals surface area contributed by atoms with Crippen LogP contribution in [0.15, 0.2) is 48.5 Å². The van der Waals surface area contributed by atoms with Crippen LogP contribution in [0.25, 0.3) is 22.8 Å². The maximum absolute atomic E-state index is 6.40. The molecule has 40 heavy (non-hydrogen) atoms. The van der Waals surface area contributed by atoms with Gasteiger partial charge in [-0.25, -0.2) is 4.68 Å². The van der Waals surface area contributed by atoms with Gasteiger partial charge < -0.3 is 15.3 Å². The number of hydrogen-bond acceptors (Lipinski definition) is 5. The Hall–Kier alpha value is -3.02. The number of unbranched alkanes of at least 4 members (excludes halogenated alkanes) is 14. The van der Waals surface area contributed by atoms with E-state index in [0.717, 1.165) is 48.7 Å². The third kappa shape index (κ3) is 11.2. The molecule has 1 heterocycles. The van der Waals surface area contributed by atoms with E-state index in [-0.39, 0.29) is 0 Å². The lowest BCUT2D eigenvalue weighted by Gasteiger charge is -2.09. The monoisotopic (exact) mass is 548 g/mol. The normalized spacial score (nSPS) is 11.2. The summed E-state index contributed by atoms with van der Waals surface area (Å²) in [7, 11) is 0. The number of ether oxygens (including phenoxy) is 2. The molecule has 6 heteroatoms. The Balaban J connectivity index is 1.38. The summed E-state index contributed by atoms with van der Waals surface area (Å²) in [6, 6.07) is 15.9. The Morgan fingerprint density at radius 2 is 0.825 bits per heavy atom. The Labute approximate surface area is 242 Å². The summed E-state index contributed by atoms with van der Waals surface area (Å²) in [5, 5.41) is 8.71. The number of nitrogens with two attached hydrogens (primary N) is 1. The van der Waals surface area contributed by atoms with Gasteiger partial charge in [-0.05, 0) is 61.4 Å². The van der Waals surface area contributed by atoms with Gasteiger partial charge in [0, 0.05) is 11.1 Å². The van der Waals surface area contributed by atoms with E-state index >= 15 is 0 Å². The molecule has 1 aromatic heterocycles. The summed E-state index contributed by atoms with van der Waals surface area (Å²) in [6.07, 6.45) is 20.8. The zero-order chi connectivity index (χ0) is 28.3. The maximum atomic E-state index is 6.40. The quantitative estimate of drug-likeness (QED) is 0.1000. The van der Waals surface area contributed by atoms with Gasteiger partial charge in [0.25, 0.3) is 0 Å². The molecule has 0 spiro atoms. The second kappa shape index (κ2) is 19.1. The van der Waals surface area contributed by atoms with Crippen LogP contribution in [0, 0.1) is 0 Å². The van der Waals surface area contributed by atoms with Crippen LogP contribution in [0.1, 0.15) is 117 Å². The molecule has 3 aromatic rings. The lowest BCUT2D eigenvalue weighted by Crippen LogP contribution is -2.12. The highest BCUT2D eigenvalue weighted by Crippen LogP contribution is 2.26. The predicted octanol–water partition coefficient (Wildman–Crippen LogP) is 9.36. The third-order valence-corrected chi connectivity index (χ3v) is 7.45. The summed E-state index contributed by atoms with van der Waals surface area (Å²) < 4.78 is 13.4. The highest BCUT2D eigenvalue weighted by Gasteiger charge is 2.14. The van der Waals surface area contributed by atoms with Gasteiger partial charge in [-0.15, -0.1) is 10.2 Å². The van der Waals surface area contributed by atoms with Crippen molar-refractivity contribution < 1.29 is 9.47 Å². The van der Waals surface area contributed by atoms with Gasteiger partial charge in [-0.2, -0.15) is 0 Å². The Kier molecular flexibility index (Phi) is 15.1. The van der Waals surface area contributed by atoms with Gasteiger partial charge in [0.1, 0.15) is 11.5 Å². The Morgan fingerprint density at radius 3 is 1.18 bits per heavy atom. The minimum absolute atomic E-state index is 0.625. The summed E-state index contributed by atoms with van der Waals surface area (Å²) >= 11 is 0. The van der Waals surface area contributed by atoms with E-state index in [0.29, 0.717) is 11.6 Å². The second-order valence-electron chi connectivity index (χ2n) is 10.9.